The quantitative estimate of drug-likeness (QED) is 0.258. The first-order chi connectivity index (χ1) is 15.6. The van der Waals surface area contributed by atoms with Crippen LogP contribution in [0.25, 0.3) is 0 Å². The van der Waals surface area contributed by atoms with Crippen molar-refractivity contribution in [3.63, 3.8) is 0 Å². The number of amides is 2. The van der Waals surface area contributed by atoms with Crippen LogP contribution >= 0.6 is 11.8 Å². The second-order valence-electron chi connectivity index (χ2n) is 8.92. The Morgan fingerprint density at radius 3 is 2.22 bits per heavy atom. The molecule has 32 heavy (non-hydrogen) atoms. The summed E-state index contributed by atoms with van der Waals surface area (Å²) < 4.78 is 0. The van der Waals surface area contributed by atoms with Crippen LogP contribution in [0.2, 0.25) is 0 Å². The normalized spacial score (nSPS) is 17.9. The van der Waals surface area contributed by atoms with Gasteiger partial charge in [-0.1, -0.05) is 89.7 Å². The number of benzene rings is 1. The summed E-state index contributed by atoms with van der Waals surface area (Å²) in [6, 6.07) is 7.65. The van der Waals surface area contributed by atoms with Crippen molar-refractivity contribution in [2.24, 2.45) is 0 Å². The second kappa shape index (κ2) is 16.1. The lowest BCUT2D eigenvalue weighted by molar-refractivity contribution is -0.122. The van der Waals surface area contributed by atoms with Gasteiger partial charge in [-0.15, -0.1) is 11.8 Å². The molecule has 1 aromatic carbocycles. The van der Waals surface area contributed by atoms with Crippen molar-refractivity contribution < 1.29 is 9.59 Å². The lowest BCUT2D eigenvalue weighted by Gasteiger charge is -2.15. The molecule has 0 radical (unpaired) electrons. The Kier molecular flexibility index (Phi) is 13.5. The van der Waals surface area contributed by atoms with Gasteiger partial charge in [0.15, 0.2) is 0 Å². The molecule has 2 amide bonds. The van der Waals surface area contributed by atoms with Gasteiger partial charge < -0.3 is 10.6 Å². The Hall–Kier alpha value is -1.53. The molecule has 1 unspecified atom stereocenters. The van der Waals surface area contributed by atoms with E-state index in [1.54, 1.807) is 11.8 Å². The highest BCUT2D eigenvalue weighted by atomic mass is 32.2. The highest BCUT2D eigenvalue weighted by Gasteiger charge is 2.30. The average Bonchev–Trinajstić information content (AvgIpc) is 3.27. The molecule has 1 heterocycles. The van der Waals surface area contributed by atoms with Gasteiger partial charge in [-0.3, -0.25) is 14.9 Å². The number of carbonyl (C=O) groups excluding carboxylic acids is 2. The summed E-state index contributed by atoms with van der Waals surface area (Å²) in [5.74, 6) is 0.782. The first kappa shape index (κ1) is 26.7. The molecule has 1 saturated heterocycles. The van der Waals surface area contributed by atoms with Crippen LogP contribution in [0.1, 0.15) is 102 Å². The van der Waals surface area contributed by atoms with E-state index in [-0.39, 0.29) is 23.2 Å². The second-order valence-corrected chi connectivity index (χ2v) is 10.1. The van der Waals surface area contributed by atoms with E-state index >= 15 is 0 Å². The van der Waals surface area contributed by atoms with Crippen LogP contribution in [-0.4, -0.2) is 30.2 Å². The zero-order valence-corrected chi connectivity index (χ0v) is 20.9. The van der Waals surface area contributed by atoms with E-state index in [1.807, 2.05) is 24.3 Å². The first-order valence-electron chi connectivity index (χ1n) is 12.6. The molecule has 0 aromatic heterocycles. The fourth-order valence-electron chi connectivity index (χ4n) is 4.10. The summed E-state index contributed by atoms with van der Waals surface area (Å²) in [5.41, 5.74) is 1.87. The molecule has 3 N–H and O–H groups in total. The Labute approximate surface area is 199 Å². The van der Waals surface area contributed by atoms with Gasteiger partial charge in [0, 0.05) is 24.9 Å². The molecule has 5 nitrogen and oxygen atoms in total. The lowest BCUT2D eigenvalue weighted by Crippen LogP contribution is -2.42. The molecule has 0 saturated carbocycles. The van der Waals surface area contributed by atoms with Gasteiger partial charge in [-0.05, 0) is 24.1 Å². The summed E-state index contributed by atoms with van der Waals surface area (Å²) in [7, 11) is 0. The van der Waals surface area contributed by atoms with Crippen LogP contribution in [-0.2, 0) is 9.59 Å². The minimum Gasteiger partial charge on any atom is -0.355 e. The third kappa shape index (κ3) is 10.9. The minimum absolute atomic E-state index is 0.0751. The molecule has 0 spiro atoms. The van der Waals surface area contributed by atoms with Crippen molar-refractivity contribution in [2.45, 2.75) is 102 Å². The molecule has 1 aliphatic heterocycles. The van der Waals surface area contributed by atoms with Crippen molar-refractivity contribution in [2.75, 3.05) is 17.6 Å². The molecule has 180 valence electrons. The monoisotopic (exact) mass is 461 g/mol. The summed E-state index contributed by atoms with van der Waals surface area (Å²) in [5, 5.41) is 9.41. The summed E-state index contributed by atoms with van der Waals surface area (Å²) >= 11 is 1.74. The van der Waals surface area contributed by atoms with E-state index in [9.17, 15) is 9.59 Å². The largest absolute Gasteiger partial charge is 0.355 e. The van der Waals surface area contributed by atoms with Crippen LogP contribution in [0.4, 0.5) is 5.69 Å². The number of unbranched alkanes of at least 4 members (excludes halogenated alkanes) is 11. The predicted octanol–water partition coefficient (Wildman–Crippen LogP) is 6.17. The maximum Gasteiger partial charge on any atom is 0.238 e. The zero-order valence-electron chi connectivity index (χ0n) is 20.1. The van der Waals surface area contributed by atoms with E-state index in [1.165, 1.54) is 77.6 Å². The standard InChI is InChI=1S/C26H43N3O2S/c1-3-4-5-6-7-8-9-10-11-12-13-14-18-27-25(31)24-20-32-26(29-24)22-16-15-17-23(19-22)28-21(2)30/h15-17,19,24,26,29H,3-14,18,20H2,1-2H3,(H,27,31)(H,28,30)/t24-,26?/m0/s1. The van der Waals surface area contributed by atoms with Crippen LogP contribution in [0.15, 0.2) is 24.3 Å². The van der Waals surface area contributed by atoms with E-state index in [2.05, 4.69) is 22.9 Å². The first-order valence-corrected chi connectivity index (χ1v) is 13.7. The number of carbonyl (C=O) groups is 2. The fraction of sp³-hybridized carbons (Fsp3) is 0.692. The Bertz CT molecular complexity index is 683. The molecular weight excluding hydrogens is 418 g/mol. The van der Waals surface area contributed by atoms with Gasteiger partial charge in [-0.25, -0.2) is 0 Å². The molecule has 1 fully saturated rings. The summed E-state index contributed by atoms with van der Waals surface area (Å²) in [6.45, 7) is 4.54. The van der Waals surface area contributed by atoms with E-state index in [4.69, 9.17) is 0 Å². The van der Waals surface area contributed by atoms with Crippen molar-refractivity contribution in [1.29, 1.82) is 0 Å². The van der Waals surface area contributed by atoms with Crippen molar-refractivity contribution in [3.05, 3.63) is 29.8 Å². The maximum atomic E-state index is 12.5. The van der Waals surface area contributed by atoms with Crippen LogP contribution < -0.4 is 16.0 Å². The third-order valence-corrected chi connectivity index (χ3v) is 7.21. The molecule has 1 aromatic rings. The number of hydrogen-bond acceptors (Lipinski definition) is 4. The fourth-order valence-corrected chi connectivity index (χ4v) is 5.33. The molecule has 0 aliphatic carbocycles. The number of thioether (sulfide) groups is 1. The lowest BCUT2D eigenvalue weighted by atomic mass is 10.1. The zero-order chi connectivity index (χ0) is 23.0. The van der Waals surface area contributed by atoms with E-state index < -0.39 is 0 Å². The van der Waals surface area contributed by atoms with Crippen LogP contribution in [0.5, 0.6) is 0 Å². The Balaban J connectivity index is 1.50. The SMILES string of the molecule is CCCCCCCCCCCCCCNC(=O)[C@@H]1CSC(c2cccc(NC(C)=O)c2)N1. The van der Waals surface area contributed by atoms with Gasteiger partial charge >= 0.3 is 0 Å². The van der Waals surface area contributed by atoms with Crippen LogP contribution in [0, 0.1) is 0 Å². The minimum atomic E-state index is -0.160. The number of hydrogen-bond donors (Lipinski definition) is 3. The van der Waals surface area contributed by atoms with E-state index in [0.717, 1.165) is 30.0 Å². The van der Waals surface area contributed by atoms with E-state index in [0.29, 0.717) is 0 Å². The van der Waals surface area contributed by atoms with Gasteiger partial charge in [0.2, 0.25) is 11.8 Å². The van der Waals surface area contributed by atoms with Crippen molar-refractivity contribution in [3.8, 4) is 0 Å². The Morgan fingerprint density at radius 1 is 0.969 bits per heavy atom. The smallest absolute Gasteiger partial charge is 0.238 e. The third-order valence-electron chi connectivity index (χ3n) is 5.94. The summed E-state index contributed by atoms with van der Waals surface area (Å²) in [4.78, 5) is 23.8. The highest BCUT2D eigenvalue weighted by Crippen LogP contribution is 2.33. The van der Waals surface area contributed by atoms with Crippen molar-refractivity contribution >= 4 is 29.3 Å². The van der Waals surface area contributed by atoms with Gasteiger partial charge in [0.25, 0.3) is 0 Å². The topological polar surface area (TPSA) is 70.2 Å². The van der Waals surface area contributed by atoms with Gasteiger partial charge in [-0.2, -0.15) is 0 Å². The average molecular weight is 462 g/mol. The molecule has 2 atom stereocenters. The van der Waals surface area contributed by atoms with Gasteiger partial charge in [0.05, 0.1) is 11.4 Å². The molecule has 2 rings (SSSR count). The molecule has 6 heteroatoms. The highest BCUT2D eigenvalue weighted by molar-refractivity contribution is 7.99. The molecule has 1 aliphatic rings. The van der Waals surface area contributed by atoms with Crippen molar-refractivity contribution in [1.82, 2.24) is 10.6 Å². The number of anilines is 1. The Morgan fingerprint density at radius 2 is 1.59 bits per heavy atom. The molecular formula is C26H43N3O2S. The number of nitrogens with one attached hydrogen (secondary N) is 3. The van der Waals surface area contributed by atoms with Crippen LogP contribution in [0.3, 0.4) is 0 Å². The number of rotatable bonds is 16. The molecule has 0 bridgehead atoms. The maximum absolute atomic E-state index is 12.5. The predicted molar refractivity (Wildman–Crippen MR) is 137 cm³/mol. The van der Waals surface area contributed by atoms with Gasteiger partial charge in [0.1, 0.15) is 0 Å². The summed E-state index contributed by atoms with van der Waals surface area (Å²) in [6.07, 6.45) is 15.9.